The Balaban J connectivity index is 1.98. The molecule has 7 nitrogen and oxygen atoms in total. The molecule has 0 unspecified atom stereocenters. The summed E-state index contributed by atoms with van der Waals surface area (Å²) in [5, 5.41) is 0.439. The normalized spacial score (nSPS) is 10.8. The zero-order chi connectivity index (χ0) is 14.4. The zero-order valence-electron chi connectivity index (χ0n) is 11.2. The Labute approximate surface area is 115 Å². The molecule has 1 aromatic heterocycles. The van der Waals surface area contributed by atoms with E-state index in [1.54, 1.807) is 25.3 Å². The number of methoxy groups -OCH3 is 1. The first-order valence-electron chi connectivity index (χ1n) is 6.20. The molecule has 1 heterocycles. The van der Waals surface area contributed by atoms with Crippen LogP contribution in [0, 0.1) is 0 Å². The first kappa shape index (κ1) is 14.3. The number of benzene rings is 1. The molecule has 0 atom stereocenters. The van der Waals surface area contributed by atoms with Gasteiger partial charge in [0.25, 0.3) is 11.6 Å². The third-order valence-electron chi connectivity index (χ3n) is 2.61. The number of nitrogens with one attached hydrogen (secondary N) is 1. The van der Waals surface area contributed by atoms with E-state index in [9.17, 15) is 4.79 Å². The Morgan fingerprint density at radius 1 is 1.25 bits per heavy atom. The van der Waals surface area contributed by atoms with Crippen molar-refractivity contribution in [2.75, 3.05) is 39.3 Å². The van der Waals surface area contributed by atoms with Crippen molar-refractivity contribution < 1.29 is 14.2 Å². The van der Waals surface area contributed by atoms with Crippen LogP contribution in [0.2, 0.25) is 0 Å². The second-order valence-corrected chi connectivity index (χ2v) is 4.10. The molecule has 0 aliphatic heterocycles. The van der Waals surface area contributed by atoms with Crippen LogP contribution in [0.3, 0.4) is 0 Å². The molecule has 2 rings (SSSR count). The lowest BCUT2D eigenvalue weighted by molar-refractivity contribution is 0.0528. The van der Waals surface area contributed by atoms with Gasteiger partial charge < -0.3 is 19.9 Å². The largest absolute Gasteiger partial charge is 0.462 e. The highest BCUT2D eigenvalue weighted by molar-refractivity contribution is 5.81. The number of ether oxygens (including phenoxy) is 3. The summed E-state index contributed by atoms with van der Waals surface area (Å²) >= 11 is 0. The summed E-state index contributed by atoms with van der Waals surface area (Å²) in [6, 6.07) is 5.12. The van der Waals surface area contributed by atoms with Crippen LogP contribution in [-0.2, 0) is 9.47 Å². The van der Waals surface area contributed by atoms with Gasteiger partial charge in [0.2, 0.25) is 0 Å². The summed E-state index contributed by atoms with van der Waals surface area (Å²) in [7, 11) is 1.61. The number of fused-ring (bicyclic) bond motifs is 1. The number of hydrogen-bond acceptors (Lipinski definition) is 6. The fourth-order valence-corrected chi connectivity index (χ4v) is 1.64. The van der Waals surface area contributed by atoms with Crippen molar-refractivity contribution in [1.82, 2.24) is 9.97 Å². The second kappa shape index (κ2) is 6.88. The van der Waals surface area contributed by atoms with Crippen molar-refractivity contribution in [1.29, 1.82) is 0 Å². The van der Waals surface area contributed by atoms with Crippen molar-refractivity contribution in [3.05, 3.63) is 28.6 Å². The van der Waals surface area contributed by atoms with Gasteiger partial charge in [0.1, 0.15) is 6.61 Å². The Morgan fingerprint density at radius 2 is 2.05 bits per heavy atom. The number of hydrogen-bond donors (Lipinski definition) is 2. The van der Waals surface area contributed by atoms with Crippen molar-refractivity contribution >= 4 is 16.6 Å². The summed E-state index contributed by atoms with van der Waals surface area (Å²) in [5.41, 5.74) is 6.41. The number of nitrogen functional groups attached to an aromatic ring is 1. The van der Waals surface area contributed by atoms with Crippen LogP contribution in [0.25, 0.3) is 10.9 Å². The summed E-state index contributed by atoms with van der Waals surface area (Å²) in [6.07, 6.45) is 0. The van der Waals surface area contributed by atoms with Crippen LogP contribution in [0.4, 0.5) is 5.69 Å². The molecule has 1 aromatic carbocycles. The van der Waals surface area contributed by atoms with Gasteiger partial charge in [-0.05, 0) is 18.2 Å². The third-order valence-corrected chi connectivity index (χ3v) is 2.61. The number of nitrogens with zero attached hydrogens (tertiary/aromatic N) is 1. The average Bonchev–Trinajstić information content (AvgIpc) is 2.43. The van der Waals surface area contributed by atoms with E-state index in [1.807, 2.05) is 0 Å². The van der Waals surface area contributed by atoms with E-state index in [4.69, 9.17) is 19.9 Å². The molecule has 0 amide bonds. The summed E-state index contributed by atoms with van der Waals surface area (Å²) in [4.78, 5) is 18.6. The summed E-state index contributed by atoms with van der Waals surface area (Å²) in [5.74, 6) is 0. The van der Waals surface area contributed by atoms with Gasteiger partial charge in [-0.1, -0.05) is 0 Å². The molecular weight excluding hydrogens is 262 g/mol. The minimum absolute atomic E-state index is 0.169. The number of rotatable bonds is 7. The predicted molar refractivity (Wildman–Crippen MR) is 75.0 cm³/mol. The van der Waals surface area contributed by atoms with Gasteiger partial charge in [-0.3, -0.25) is 9.78 Å². The van der Waals surface area contributed by atoms with E-state index in [-0.39, 0.29) is 11.6 Å². The number of H-pyrrole nitrogens is 1. The molecule has 20 heavy (non-hydrogen) atoms. The number of aromatic nitrogens is 2. The van der Waals surface area contributed by atoms with Gasteiger partial charge in [-0.15, -0.1) is 0 Å². The van der Waals surface area contributed by atoms with E-state index in [0.717, 1.165) is 0 Å². The van der Waals surface area contributed by atoms with Gasteiger partial charge in [0.15, 0.2) is 0 Å². The molecule has 0 spiro atoms. The molecule has 0 fully saturated rings. The van der Waals surface area contributed by atoms with Crippen molar-refractivity contribution in [2.24, 2.45) is 0 Å². The molecule has 3 N–H and O–H groups in total. The van der Waals surface area contributed by atoms with Crippen molar-refractivity contribution in [3.63, 3.8) is 0 Å². The molecule has 0 saturated heterocycles. The Kier molecular flexibility index (Phi) is 4.91. The highest BCUT2D eigenvalue weighted by atomic mass is 16.5. The average molecular weight is 279 g/mol. The van der Waals surface area contributed by atoms with Crippen LogP contribution >= 0.6 is 0 Å². The molecule has 108 valence electrons. The van der Waals surface area contributed by atoms with Crippen LogP contribution in [0.1, 0.15) is 0 Å². The molecular formula is C13H17N3O4. The topological polar surface area (TPSA) is 99.5 Å². The van der Waals surface area contributed by atoms with Gasteiger partial charge in [-0.25, -0.2) is 0 Å². The first-order valence-corrected chi connectivity index (χ1v) is 6.20. The molecule has 0 aliphatic carbocycles. The van der Waals surface area contributed by atoms with Gasteiger partial charge in [0.05, 0.1) is 30.7 Å². The van der Waals surface area contributed by atoms with E-state index in [2.05, 4.69) is 9.97 Å². The Morgan fingerprint density at radius 3 is 2.85 bits per heavy atom. The van der Waals surface area contributed by atoms with E-state index in [0.29, 0.717) is 43.0 Å². The molecule has 0 bridgehead atoms. The van der Waals surface area contributed by atoms with Crippen LogP contribution in [0.15, 0.2) is 23.0 Å². The maximum Gasteiger partial charge on any atom is 0.297 e. The zero-order valence-corrected chi connectivity index (χ0v) is 11.2. The van der Waals surface area contributed by atoms with Crippen molar-refractivity contribution in [3.8, 4) is 6.01 Å². The quantitative estimate of drug-likeness (QED) is 0.567. The fourth-order valence-electron chi connectivity index (χ4n) is 1.64. The highest BCUT2D eigenvalue weighted by Gasteiger charge is 2.05. The molecule has 0 aliphatic rings. The summed E-state index contributed by atoms with van der Waals surface area (Å²) < 4.78 is 15.4. The summed E-state index contributed by atoms with van der Waals surface area (Å²) in [6.45, 7) is 1.73. The Bertz CT molecular complexity index is 627. The maximum atomic E-state index is 11.8. The molecule has 0 saturated carbocycles. The van der Waals surface area contributed by atoms with Crippen LogP contribution in [0.5, 0.6) is 6.01 Å². The van der Waals surface area contributed by atoms with Crippen molar-refractivity contribution in [2.45, 2.75) is 0 Å². The minimum Gasteiger partial charge on any atom is -0.462 e. The number of anilines is 1. The Hall–Kier alpha value is -2.12. The highest BCUT2D eigenvalue weighted by Crippen LogP contribution is 2.13. The first-order chi connectivity index (χ1) is 9.70. The molecule has 7 heteroatoms. The lowest BCUT2D eigenvalue weighted by Gasteiger charge is -2.06. The minimum atomic E-state index is -0.280. The van der Waals surface area contributed by atoms with E-state index in [1.165, 1.54) is 0 Å². The fraction of sp³-hybridized carbons (Fsp3) is 0.385. The van der Waals surface area contributed by atoms with Gasteiger partial charge >= 0.3 is 0 Å². The van der Waals surface area contributed by atoms with Gasteiger partial charge in [-0.2, -0.15) is 4.98 Å². The number of nitrogens with two attached hydrogens (primary N) is 1. The van der Waals surface area contributed by atoms with Gasteiger partial charge in [0, 0.05) is 12.8 Å². The van der Waals surface area contributed by atoms with E-state index >= 15 is 0 Å². The van der Waals surface area contributed by atoms with E-state index < -0.39 is 0 Å². The van der Waals surface area contributed by atoms with Crippen LogP contribution < -0.4 is 16.0 Å². The van der Waals surface area contributed by atoms with Crippen LogP contribution in [-0.4, -0.2) is 43.5 Å². The SMILES string of the molecule is COCCOCCOc1nc2ccc(N)cc2c(=O)[nH]1. The predicted octanol–water partition coefficient (Wildman–Crippen LogP) is 0.547. The molecule has 2 aromatic rings. The lowest BCUT2D eigenvalue weighted by atomic mass is 10.2. The molecule has 0 radical (unpaired) electrons. The number of aromatic amines is 1. The monoisotopic (exact) mass is 279 g/mol. The standard InChI is InChI=1S/C13H17N3O4/c1-18-4-5-19-6-7-20-13-15-11-3-2-9(14)8-10(11)12(17)16-13/h2-3,8H,4-7,14H2,1H3,(H,15,16,17). The second-order valence-electron chi connectivity index (χ2n) is 4.10. The third kappa shape index (κ3) is 3.69. The smallest absolute Gasteiger partial charge is 0.297 e. The maximum absolute atomic E-state index is 11.8. The lowest BCUT2D eigenvalue weighted by Crippen LogP contribution is -2.15.